The maximum atomic E-state index is 12.8. The molecule has 0 aliphatic heterocycles. The maximum absolute atomic E-state index is 12.8. The van der Waals surface area contributed by atoms with Crippen molar-refractivity contribution in [1.82, 2.24) is 5.32 Å². The molecule has 0 saturated heterocycles. The van der Waals surface area contributed by atoms with Gasteiger partial charge in [0.15, 0.2) is 0 Å². The Morgan fingerprint density at radius 2 is 1.76 bits per heavy atom. The molecule has 6 nitrogen and oxygen atoms in total. The Balaban J connectivity index is 1.76. The standard InChI is InChI=1S/C23H20N2O4/c1-2-14-28-19-12-10-18(11-13-19)24-23(27)21(16-20-9-6-15-29-20)25-22(26)17-7-4-3-5-8-17/h2-13,15-16H,1,14H2,(H,24,27)(H,25,26)/b21-16-. The van der Waals surface area contributed by atoms with Crippen molar-refractivity contribution >= 4 is 23.6 Å². The van der Waals surface area contributed by atoms with E-state index in [1.807, 2.05) is 6.07 Å². The zero-order chi connectivity index (χ0) is 20.5. The van der Waals surface area contributed by atoms with Crippen LogP contribution < -0.4 is 15.4 Å². The average molecular weight is 388 g/mol. The Hall–Kier alpha value is -4.06. The molecule has 29 heavy (non-hydrogen) atoms. The fourth-order valence-electron chi connectivity index (χ4n) is 2.45. The lowest BCUT2D eigenvalue weighted by atomic mass is 10.2. The van der Waals surface area contributed by atoms with Crippen LogP contribution in [0, 0.1) is 0 Å². The number of hydrogen-bond acceptors (Lipinski definition) is 4. The third kappa shape index (κ3) is 5.71. The molecule has 6 heteroatoms. The second-order valence-corrected chi connectivity index (χ2v) is 5.97. The van der Waals surface area contributed by atoms with E-state index in [0.717, 1.165) is 0 Å². The number of amides is 2. The molecule has 146 valence electrons. The number of carbonyl (C=O) groups is 2. The summed E-state index contributed by atoms with van der Waals surface area (Å²) in [6, 6.07) is 18.9. The van der Waals surface area contributed by atoms with Crippen LogP contribution in [0.1, 0.15) is 16.1 Å². The monoisotopic (exact) mass is 388 g/mol. The number of hydrogen-bond donors (Lipinski definition) is 2. The number of nitrogens with one attached hydrogen (secondary N) is 2. The van der Waals surface area contributed by atoms with Gasteiger partial charge in [-0.25, -0.2) is 0 Å². The van der Waals surface area contributed by atoms with E-state index in [4.69, 9.17) is 9.15 Å². The predicted octanol–water partition coefficient (Wildman–Crippen LogP) is 4.25. The summed E-state index contributed by atoms with van der Waals surface area (Å²) in [6.07, 6.45) is 4.61. The van der Waals surface area contributed by atoms with E-state index in [0.29, 0.717) is 29.4 Å². The van der Waals surface area contributed by atoms with E-state index >= 15 is 0 Å². The highest BCUT2D eigenvalue weighted by Crippen LogP contribution is 2.17. The minimum Gasteiger partial charge on any atom is -0.490 e. The fraction of sp³-hybridized carbons (Fsp3) is 0.0435. The highest BCUT2D eigenvalue weighted by atomic mass is 16.5. The molecule has 0 radical (unpaired) electrons. The molecule has 0 aliphatic carbocycles. The molecule has 1 aromatic heterocycles. The van der Waals surface area contributed by atoms with Crippen LogP contribution in [0.25, 0.3) is 6.08 Å². The summed E-state index contributed by atoms with van der Waals surface area (Å²) in [4.78, 5) is 25.3. The maximum Gasteiger partial charge on any atom is 0.272 e. The van der Waals surface area contributed by atoms with Crippen molar-refractivity contribution in [2.45, 2.75) is 0 Å². The molecule has 2 amide bonds. The second-order valence-electron chi connectivity index (χ2n) is 5.97. The van der Waals surface area contributed by atoms with Gasteiger partial charge in [0.1, 0.15) is 23.8 Å². The van der Waals surface area contributed by atoms with Crippen molar-refractivity contribution in [3.63, 3.8) is 0 Å². The first kappa shape index (κ1) is 19.7. The van der Waals surface area contributed by atoms with Gasteiger partial charge in [-0.3, -0.25) is 9.59 Å². The van der Waals surface area contributed by atoms with Crippen molar-refractivity contribution in [3.05, 3.63) is 103 Å². The van der Waals surface area contributed by atoms with Gasteiger partial charge in [-0.15, -0.1) is 0 Å². The molecular formula is C23H20N2O4. The molecule has 3 aromatic rings. The van der Waals surface area contributed by atoms with Crippen molar-refractivity contribution in [2.75, 3.05) is 11.9 Å². The molecule has 0 bridgehead atoms. The number of carbonyl (C=O) groups excluding carboxylic acids is 2. The fourth-order valence-corrected chi connectivity index (χ4v) is 2.45. The summed E-state index contributed by atoms with van der Waals surface area (Å²) in [5.41, 5.74) is 1.05. The van der Waals surface area contributed by atoms with Crippen molar-refractivity contribution in [1.29, 1.82) is 0 Å². The van der Waals surface area contributed by atoms with Gasteiger partial charge >= 0.3 is 0 Å². The van der Waals surface area contributed by atoms with E-state index in [9.17, 15) is 9.59 Å². The number of furan rings is 1. The van der Waals surface area contributed by atoms with Crippen LogP contribution in [0.5, 0.6) is 5.75 Å². The smallest absolute Gasteiger partial charge is 0.272 e. The normalized spacial score (nSPS) is 10.8. The molecular weight excluding hydrogens is 368 g/mol. The second kappa shape index (κ2) is 9.75. The first-order chi connectivity index (χ1) is 14.2. The van der Waals surface area contributed by atoms with Crippen LogP contribution >= 0.6 is 0 Å². The largest absolute Gasteiger partial charge is 0.490 e. The summed E-state index contributed by atoms with van der Waals surface area (Å²) in [5, 5.41) is 5.40. The Labute approximate surface area is 168 Å². The van der Waals surface area contributed by atoms with E-state index in [2.05, 4.69) is 17.2 Å². The summed E-state index contributed by atoms with van der Waals surface area (Å²) >= 11 is 0. The van der Waals surface area contributed by atoms with Gasteiger partial charge in [0.25, 0.3) is 11.8 Å². The summed E-state index contributed by atoms with van der Waals surface area (Å²) < 4.78 is 10.7. The Kier molecular flexibility index (Phi) is 6.62. The molecule has 1 heterocycles. The van der Waals surface area contributed by atoms with Gasteiger partial charge in [-0.1, -0.05) is 30.9 Å². The third-order valence-electron chi connectivity index (χ3n) is 3.84. The van der Waals surface area contributed by atoms with E-state index in [1.54, 1.807) is 66.7 Å². The van der Waals surface area contributed by atoms with Gasteiger partial charge in [0.05, 0.1) is 6.26 Å². The van der Waals surface area contributed by atoms with Crippen LogP contribution in [0.15, 0.2) is 95.8 Å². The Morgan fingerprint density at radius 1 is 1.00 bits per heavy atom. The predicted molar refractivity (Wildman–Crippen MR) is 111 cm³/mol. The SMILES string of the molecule is C=CCOc1ccc(NC(=O)/C(=C/c2ccco2)NC(=O)c2ccccc2)cc1. The topological polar surface area (TPSA) is 80.6 Å². The zero-order valence-electron chi connectivity index (χ0n) is 15.6. The van der Waals surface area contributed by atoms with Gasteiger partial charge in [0.2, 0.25) is 0 Å². The van der Waals surface area contributed by atoms with Gasteiger partial charge in [-0.2, -0.15) is 0 Å². The molecule has 3 rings (SSSR count). The first-order valence-electron chi connectivity index (χ1n) is 8.92. The van der Waals surface area contributed by atoms with Crippen molar-refractivity contribution in [3.8, 4) is 5.75 Å². The molecule has 0 fully saturated rings. The van der Waals surface area contributed by atoms with Crippen molar-refractivity contribution in [2.24, 2.45) is 0 Å². The summed E-state index contributed by atoms with van der Waals surface area (Å²) in [5.74, 6) is 0.223. The lowest BCUT2D eigenvalue weighted by Crippen LogP contribution is -2.30. The molecule has 0 saturated carbocycles. The van der Waals surface area contributed by atoms with Crippen molar-refractivity contribution < 1.29 is 18.7 Å². The van der Waals surface area contributed by atoms with E-state index < -0.39 is 11.8 Å². The van der Waals surface area contributed by atoms with E-state index in [-0.39, 0.29) is 5.70 Å². The number of anilines is 1. The third-order valence-corrected chi connectivity index (χ3v) is 3.84. The quantitative estimate of drug-likeness (QED) is 0.446. The number of rotatable bonds is 8. The van der Waals surface area contributed by atoms with Gasteiger partial charge in [-0.05, 0) is 48.5 Å². The Morgan fingerprint density at radius 3 is 2.41 bits per heavy atom. The van der Waals surface area contributed by atoms with Gasteiger partial charge in [0, 0.05) is 17.3 Å². The minimum atomic E-state index is -0.481. The summed E-state index contributed by atoms with van der Waals surface area (Å²) in [7, 11) is 0. The lowest BCUT2D eigenvalue weighted by molar-refractivity contribution is -0.113. The summed E-state index contributed by atoms with van der Waals surface area (Å²) in [6.45, 7) is 3.99. The molecule has 0 atom stereocenters. The van der Waals surface area contributed by atoms with Crippen LogP contribution in [0.4, 0.5) is 5.69 Å². The number of ether oxygens (including phenoxy) is 1. The van der Waals surface area contributed by atoms with Crippen LogP contribution in [0.2, 0.25) is 0 Å². The van der Waals surface area contributed by atoms with Crippen LogP contribution in [-0.2, 0) is 4.79 Å². The zero-order valence-corrected chi connectivity index (χ0v) is 15.6. The highest BCUT2D eigenvalue weighted by Gasteiger charge is 2.15. The van der Waals surface area contributed by atoms with Gasteiger partial charge < -0.3 is 19.8 Å². The Bertz CT molecular complexity index is 991. The van der Waals surface area contributed by atoms with Crippen LogP contribution in [-0.4, -0.2) is 18.4 Å². The highest BCUT2D eigenvalue weighted by molar-refractivity contribution is 6.10. The lowest BCUT2D eigenvalue weighted by Gasteiger charge is -2.11. The average Bonchev–Trinajstić information content (AvgIpc) is 3.26. The molecule has 0 spiro atoms. The molecule has 0 unspecified atom stereocenters. The van der Waals surface area contributed by atoms with E-state index in [1.165, 1.54) is 12.3 Å². The minimum absolute atomic E-state index is 0.0563. The molecule has 0 aliphatic rings. The first-order valence-corrected chi connectivity index (χ1v) is 8.92. The van der Waals surface area contributed by atoms with Crippen LogP contribution in [0.3, 0.4) is 0 Å². The molecule has 2 aromatic carbocycles. The molecule has 2 N–H and O–H groups in total. The number of benzene rings is 2.